The molecule has 1 aromatic rings. The van der Waals surface area contributed by atoms with E-state index in [0.29, 0.717) is 5.92 Å². The molecule has 0 amide bonds. The van der Waals surface area contributed by atoms with E-state index in [-0.39, 0.29) is 0 Å². The minimum absolute atomic E-state index is 0.560. The van der Waals surface area contributed by atoms with Gasteiger partial charge in [-0.05, 0) is 38.1 Å². The Hall–Kier alpha value is -0.900. The molecule has 0 spiro atoms. The maximum Gasteiger partial charge on any atom is 0.219 e. The van der Waals surface area contributed by atoms with E-state index in [1.165, 1.54) is 19.3 Å². The van der Waals surface area contributed by atoms with Crippen LogP contribution in [0.4, 0.5) is 0 Å². The molecule has 2 atom stereocenters. The first-order valence-electron chi connectivity index (χ1n) is 5.83. The fourth-order valence-corrected chi connectivity index (χ4v) is 2.68. The Morgan fingerprint density at radius 2 is 2.07 bits per heavy atom. The van der Waals surface area contributed by atoms with E-state index in [4.69, 9.17) is 4.42 Å². The van der Waals surface area contributed by atoms with Crippen molar-refractivity contribution in [2.45, 2.75) is 31.6 Å². The summed E-state index contributed by atoms with van der Waals surface area (Å²) in [6.45, 7) is 0.900. The predicted molar refractivity (Wildman–Crippen MR) is 55.5 cm³/mol. The van der Waals surface area contributed by atoms with E-state index in [9.17, 15) is 0 Å². The van der Waals surface area contributed by atoms with Gasteiger partial charge in [0.25, 0.3) is 0 Å². The molecule has 2 aliphatic rings. The van der Waals surface area contributed by atoms with Gasteiger partial charge in [0.15, 0.2) is 0 Å². The Labute approximate surface area is 89.5 Å². The summed E-state index contributed by atoms with van der Waals surface area (Å²) in [5.74, 6) is 4.17. The molecule has 15 heavy (non-hydrogen) atoms. The fraction of sp³-hybridized carbons (Fsp3) is 0.818. The van der Waals surface area contributed by atoms with Gasteiger partial charge in [0.1, 0.15) is 0 Å². The van der Waals surface area contributed by atoms with Gasteiger partial charge in [-0.1, -0.05) is 0 Å². The number of likely N-dealkylation sites (N-methyl/N-ethyl adjacent to an activating group) is 1. The molecule has 0 aliphatic heterocycles. The predicted octanol–water partition coefficient (Wildman–Crippen LogP) is 1.34. The molecule has 0 radical (unpaired) electrons. The van der Waals surface area contributed by atoms with Crippen molar-refractivity contribution >= 4 is 0 Å². The molecule has 1 N–H and O–H groups in total. The quantitative estimate of drug-likeness (QED) is 0.809. The first-order valence-corrected chi connectivity index (χ1v) is 5.83. The van der Waals surface area contributed by atoms with E-state index >= 15 is 0 Å². The highest BCUT2D eigenvalue weighted by molar-refractivity contribution is 5.06. The third-order valence-electron chi connectivity index (χ3n) is 3.66. The van der Waals surface area contributed by atoms with E-state index in [1.54, 1.807) is 0 Å². The second kappa shape index (κ2) is 3.59. The van der Waals surface area contributed by atoms with Crippen molar-refractivity contribution in [3.63, 3.8) is 0 Å². The van der Waals surface area contributed by atoms with Crippen molar-refractivity contribution in [3.05, 3.63) is 11.8 Å². The lowest BCUT2D eigenvalue weighted by atomic mass is 10.0. The Balaban J connectivity index is 1.63. The molecular formula is C11H17N3O. The van der Waals surface area contributed by atoms with Crippen molar-refractivity contribution in [2.24, 2.45) is 11.8 Å². The van der Waals surface area contributed by atoms with Crippen LogP contribution >= 0.6 is 0 Å². The van der Waals surface area contributed by atoms with E-state index in [2.05, 4.69) is 15.5 Å². The van der Waals surface area contributed by atoms with Gasteiger partial charge in [-0.3, -0.25) is 0 Å². The molecule has 2 unspecified atom stereocenters. The standard InChI is InChI=1S/C11H17N3O/c1-12-3-2-10-13-14-11(15-10)9-5-7-4-8(7)6-9/h7-9,12H,2-6H2,1H3. The van der Waals surface area contributed by atoms with Gasteiger partial charge in [0.05, 0.1) is 0 Å². The van der Waals surface area contributed by atoms with Crippen LogP contribution in [0.3, 0.4) is 0 Å². The number of hydrogen-bond acceptors (Lipinski definition) is 4. The average Bonchev–Trinajstić information content (AvgIpc) is 2.71. The van der Waals surface area contributed by atoms with Gasteiger partial charge in [0, 0.05) is 18.9 Å². The summed E-state index contributed by atoms with van der Waals surface area (Å²) in [6.07, 6.45) is 4.83. The first kappa shape index (κ1) is 9.33. The molecule has 0 saturated heterocycles. The Bertz CT molecular complexity index is 339. The molecule has 0 bridgehead atoms. The normalized spacial score (nSPS) is 33.0. The van der Waals surface area contributed by atoms with Crippen LogP contribution in [0.2, 0.25) is 0 Å². The fourth-order valence-electron chi connectivity index (χ4n) is 2.68. The molecular weight excluding hydrogens is 190 g/mol. The summed E-state index contributed by atoms with van der Waals surface area (Å²) >= 11 is 0. The topological polar surface area (TPSA) is 51.0 Å². The van der Waals surface area contributed by atoms with E-state index in [0.717, 1.165) is 36.6 Å². The number of aromatic nitrogens is 2. The van der Waals surface area contributed by atoms with E-state index < -0.39 is 0 Å². The van der Waals surface area contributed by atoms with Gasteiger partial charge >= 0.3 is 0 Å². The second-order valence-electron chi connectivity index (χ2n) is 4.81. The molecule has 4 nitrogen and oxygen atoms in total. The minimum Gasteiger partial charge on any atom is -0.425 e. The third-order valence-corrected chi connectivity index (χ3v) is 3.66. The lowest BCUT2D eigenvalue weighted by molar-refractivity contribution is 0.402. The third kappa shape index (κ3) is 1.78. The number of hydrogen-bond donors (Lipinski definition) is 1. The summed E-state index contributed by atoms with van der Waals surface area (Å²) in [7, 11) is 1.93. The van der Waals surface area contributed by atoms with Crippen LogP contribution in [0.15, 0.2) is 4.42 Å². The summed E-state index contributed by atoms with van der Waals surface area (Å²) < 4.78 is 5.68. The Morgan fingerprint density at radius 3 is 2.80 bits per heavy atom. The molecule has 2 saturated carbocycles. The van der Waals surface area contributed by atoms with Crippen LogP contribution in [0.5, 0.6) is 0 Å². The molecule has 3 rings (SSSR count). The van der Waals surface area contributed by atoms with E-state index in [1.807, 2.05) is 7.05 Å². The monoisotopic (exact) mass is 207 g/mol. The molecule has 0 aromatic carbocycles. The molecule has 1 heterocycles. The lowest BCUT2D eigenvalue weighted by Crippen LogP contribution is -2.10. The molecule has 2 fully saturated rings. The molecule has 2 aliphatic carbocycles. The van der Waals surface area contributed by atoms with Crippen molar-refractivity contribution in [1.29, 1.82) is 0 Å². The van der Waals surface area contributed by atoms with Crippen LogP contribution < -0.4 is 5.32 Å². The summed E-state index contributed by atoms with van der Waals surface area (Å²) in [4.78, 5) is 0. The SMILES string of the molecule is CNCCc1nnc(C2CC3CC3C2)o1. The van der Waals surface area contributed by atoms with Gasteiger partial charge < -0.3 is 9.73 Å². The number of nitrogens with zero attached hydrogens (tertiary/aromatic N) is 2. The number of nitrogens with one attached hydrogen (secondary N) is 1. The molecule has 1 aromatic heterocycles. The highest BCUT2D eigenvalue weighted by atomic mass is 16.4. The zero-order valence-corrected chi connectivity index (χ0v) is 9.07. The lowest BCUT2D eigenvalue weighted by Gasteiger charge is -2.04. The summed E-state index contributed by atoms with van der Waals surface area (Å²) in [5.41, 5.74) is 0. The second-order valence-corrected chi connectivity index (χ2v) is 4.81. The maximum absolute atomic E-state index is 5.68. The number of fused-ring (bicyclic) bond motifs is 1. The van der Waals surface area contributed by atoms with Crippen LogP contribution in [-0.2, 0) is 6.42 Å². The number of rotatable bonds is 4. The summed E-state index contributed by atoms with van der Waals surface area (Å²) in [6, 6.07) is 0. The Morgan fingerprint density at radius 1 is 1.27 bits per heavy atom. The van der Waals surface area contributed by atoms with Crippen molar-refractivity contribution < 1.29 is 4.42 Å². The smallest absolute Gasteiger partial charge is 0.219 e. The van der Waals surface area contributed by atoms with Crippen LogP contribution in [-0.4, -0.2) is 23.8 Å². The Kier molecular flexibility index (Phi) is 2.24. The molecule has 82 valence electrons. The van der Waals surface area contributed by atoms with Crippen LogP contribution in [0, 0.1) is 11.8 Å². The summed E-state index contributed by atoms with van der Waals surface area (Å²) in [5, 5.41) is 11.3. The highest BCUT2D eigenvalue weighted by Gasteiger charge is 2.47. The van der Waals surface area contributed by atoms with Crippen molar-refractivity contribution in [3.8, 4) is 0 Å². The van der Waals surface area contributed by atoms with Gasteiger partial charge in [-0.25, -0.2) is 0 Å². The zero-order chi connectivity index (χ0) is 10.3. The molecule has 4 heteroatoms. The largest absolute Gasteiger partial charge is 0.425 e. The average molecular weight is 207 g/mol. The minimum atomic E-state index is 0.560. The van der Waals surface area contributed by atoms with Crippen LogP contribution in [0.1, 0.15) is 37.0 Å². The highest BCUT2D eigenvalue weighted by Crippen LogP contribution is 2.57. The van der Waals surface area contributed by atoms with Crippen LogP contribution in [0.25, 0.3) is 0 Å². The maximum atomic E-state index is 5.68. The van der Waals surface area contributed by atoms with Gasteiger partial charge in [-0.15, -0.1) is 10.2 Å². The van der Waals surface area contributed by atoms with Gasteiger partial charge in [0.2, 0.25) is 11.8 Å². The zero-order valence-electron chi connectivity index (χ0n) is 9.07. The first-order chi connectivity index (χ1) is 7.36. The van der Waals surface area contributed by atoms with Crippen molar-refractivity contribution in [2.75, 3.05) is 13.6 Å². The van der Waals surface area contributed by atoms with Crippen molar-refractivity contribution in [1.82, 2.24) is 15.5 Å². The van der Waals surface area contributed by atoms with Gasteiger partial charge in [-0.2, -0.15) is 0 Å².